The number of carboxylic acids is 1. The number of carboxylic acid groups (broad SMARTS) is 1. The zero-order valence-corrected chi connectivity index (χ0v) is 12.2. The van der Waals surface area contributed by atoms with Gasteiger partial charge in [-0.1, -0.05) is 27.2 Å². The summed E-state index contributed by atoms with van der Waals surface area (Å²) in [5, 5.41) is 12.7. The fraction of sp³-hybridized carbons (Fsp3) is 0.923. The highest BCUT2D eigenvalue weighted by molar-refractivity contribution is 7.99. The van der Waals surface area contributed by atoms with Crippen LogP contribution in [0.2, 0.25) is 0 Å². The van der Waals surface area contributed by atoms with Gasteiger partial charge in [-0.3, -0.25) is 10.1 Å². The normalized spacial score (nSPS) is 27.4. The molecule has 2 unspecified atom stereocenters. The second kappa shape index (κ2) is 5.61. The predicted octanol–water partition coefficient (Wildman–Crippen LogP) is 2.75. The van der Waals surface area contributed by atoms with Crippen LogP contribution in [0.3, 0.4) is 0 Å². The predicted molar refractivity (Wildman–Crippen MR) is 73.6 cm³/mol. The van der Waals surface area contributed by atoms with Gasteiger partial charge in [-0.15, -0.1) is 0 Å². The van der Waals surface area contributed by atoms with Crippen molar-refractivity contribution in [3.05, 3.63) is 0 Å². The number of thioether (sulfide) groups is 1. The van der Waals surface area contributed by atoms with E-state index in [2.05, 4.69) is 19.2 Å². The molecule has 0 radical (unpaired) electrons. The first-order chi connectivity index (χ1) is 7.79. The SMILES string of the molecule is CCCC(C)(NC1CSCC(C)(C)C1)C(=O)O. The number of hydrogen-bond donors (Lipinski definition) is 2. The van der Waals surface area contributed by atoms with Gasteiger partial charge < -0.3 is 5.11 Å². The number of hydrogen-bond acceptors (Lipinski definition) is 3. The van der Waals surface area contributed by atoms with Crippen molar-refractivity contribution in [2.45, 2.75) is 58.5 Å². The summed E-state index contributed by atoms with van der Waals surface area (Å²) in [4.78, 5) is 11.4. The van der Waals surface area contributed by atoms with Crippen molar-refractivity contribution in [1.29, 1.82) is 0 Å². The zero-order chi connectivity index (χ0) is 13.1. The summed E-state index contributed by atoms with van der Waals surface area (Å²) in [6.45, 7) is 8.35. The second-order valence-corrected chi connectivity index (χ2v) is 7.14. The Morgan fingerprint density at radius 3 is 2.71 bits per heavy atom. The number of nitrogens with one attached hydrogen (secondary N) is 1. The van der Waals surface area contributed by atoms with Crippen LogP contribution in [-0.2, 0) is 4.79 Å². The third kappa shape index (κ3) is 4.18. The molecule has 2 N–H and O–H groups in total. The van der Waals surface area contributed by atoms with Crippen molar-refractivity contribution in [1.82, 2.24) is 5.32 Å². The molecule has 17 heavy (non-hydrogen) atoms. The van der Waals surface area contributed by atoms with Gasteiger partial charge in [0.25, 0.3) is 0 Å². The van der Waals surface area contributed by atoms with Crippen LogP contribution in [-0.4, -0.2) is 34.2 Å². The van der Waals surface area contributed by atoms with Crippen LogP contribution in [0.25, 0.3) is 0 Å². The van der Waals surface area contributed by atoms with Crippen LogP contribution in [0.4, 0.5) is 0 Å². The molecule has 1 rings (SSSR count). The Morgan fingerprint density at radius 1 is 1.59 bits per heavy atom. The standard InChI is InChI=1S/C13H25NO2S/c1-5-6-13(4,11(15)16)14-10-7-12(2,3)9-17-8-10/h10,14H,5-9H2,1-4H3,(H,15,16). The molecule has 3 nitrogen and oxygen atoms in total. The van der Waals surface area contributed by atoms with Gasteiger partial charge in [0.05, 0.1) is 0 Å². The maximum absolute atomic E-state index is 11.4. The molecule has 1 aliphatic rings. The van der Waals surface area contributed by atoms with Crippen molar-refractivity contribution in [3.8, 4) is 0 Å². The van der Waals surface area contributed by atoms with Crippen molar-refractivity contribution >= 4 is 17.7 Å². The molecule has 0 aromatic heterocycles. The van der Waals surface area contributed by atoms with Gasteiger partial charge >= 0.3 is 5.97 Å². The Balaban J connectivity index is 2.64. The van der Waals surface area contributed by atoms with Gasteiger partial charge in [-0.25, -0.2) is 0 Å². The summed E-state index contributed by atoms with van der Waals surface area (Å²) in [6, 6.07) is 0.316. The zero-order valence-electron chi connectivity index (χ0n) is 11.4. The lowest BCUT2D eigenvalue weighted by atomic mass is 9.86. The van der Waals surface area contributed by atoms with Gasteiger partial charge in [0.1, 0.15) is 5.54 Å². The van der Waals surface area contributed by atoms with Crippen LogP contribution in [0.1, 0.15) is 47.0 Å². The summed E-state index contributed by atoms with van der Waals surface area (Å²) in [5.41, 5.74) is -0.459. The molecule has 0 aromatic rings. The topological polar surface area (TPSA) is 49.3 Å². The van der Waals surface area contributed by atoms with Crippen LogP contribution in [0, 0.1) is 5.41 Å². The maximum Gasteiger partial charge on any atom is 0.323 e. The lowest BCUT2D eigenvalue weighted by molar-refractivity contribution is -0.145. The van der Waals surface area contributed by atoms with E-state index in [-0.39, 0.29) is 0 Å². The lowest BCUT2D eigenvalue weighted by Crippen LogP contribution is -2.56. The van der Waals surface area contributed by atoms with E-state index in [1.165, 1.54) is 5.75 Å². The van der Waals surface area contributed by atoms with Crippen molar-refractivity contribution in [3.63, 3.8) is 0 Å². The Morgan fingerprint density at radius 2 is 2.24 bits per heavy atom. The number of rotatable bonds is 5. The van der Waals surface area contributed by atoms with Crippen LogP contribution >= 0.6 is 11.8 Å². The average Bonchev–Trinajstić information content (AvgIpc) is 2.15. The Kier molecular flexibility index (Phi) is 4.90. The fourth-order valence-corrected chi connectivity index (χ4v) is 3.82. The summed E-state index contributed by atoms with van der Waals surface area (Å²) < 4.78 is 0. The van der Waals surface area contributed by atoms with E-state index in [4.69, 9.17) is 0 Å². The quantitative estimate of drug-likeness (QED) is 0.797. The van der Waals surface area contributed by atoms with Crippen molar-refractivity contribution < 1.29 is 9.90 Å². The van der Waals surface area contributed by atoms with Gasteiger partial charge in [0.15, 0.2) is 0 Å². The second-order valence-electron chi connectivity index (χ2n) is 6.11. The van der Waals surface area contributed by atoms with E-state index in [1.54, 1.807) is 0 Å². The molecule has 0 amide bonds. The van der Waals surface area contributed by atoms with E-state index in [1.807, 2.05) is 25.6 Å². The molecule has 0 saturated carbocycles. The minimum absolute atomic E-state index is 0.312. The lowest BCUT2D eigenvalue weighted by Gasteiger charge is -2.39. The fourth-order valence-electron chi connectivity index (χ4n) is 2.55. The molecule has 1 fully saturated rings. The summed E-state index contributed by atoms with van der Waals surface area (Å²) in [7, 11) is 0. The minimum atomic E-state index is -0.770. The molecule has 0 aromatic carbocycles. The van der Waals surface area contributed by atoms with Crippen LogP contribution in [0.5, 0.6) is 0 Å². The Bertz CT molecular complexity index is 281. The monoisotopic (exact) mass is 259 g/mol. The van der Waals surface area contributed by atoms with Crippen LogP contribution < -0.4 is 5.32 Å². The number of aliphatic carboxylic acids is 1. The first-order valence-electron chi connectivity index (χ1n) is 6.38. The Labute approximate surface area is 109 Å². The largest absolute Gasteiger partial charge is 0.480 e. The van der Waals surface area contributed by atoms with E-state index in [0.29, 0.717) is 17.9 Å². The molecule has 4 heteroatoms. The molecule has 1 heterocycles. The summed E-state index contributed by atoms with van der Waals surface area (Å²) >= 11 is 1.93. The highest BCUT2D eigenvalue weighted by Gasteiger charge is 2.37. The smallest absolute Gasteiger partial charge is 0.323 e. The highest BCUT2D eigenvalue weighted by Crippen LogP contribution is 2.34. The highest BCUT2D eigenvalue weighted by atomic mass is 32.2. The minimum Gasteiger partial charge on any atom is -0.480 e. The van der Waals surface area contributed by atoms with Gasteiger partial charge in [0, 0.05) is 11.8 Å². The summed E-state index contributed by atoms with van der Waals surface area (Å²) in [6.07, 6.45) is 2.63. The first-order valence-corrected chi connectivity index (χ1v) is 7.53. The molecule has 100 valence electrons. The van der Waals surface area contributed by atoms with E-state index in [0.717, 1.165) is 18.6 Å². The average molecular weight is 259 g/mol. The van der Waals surface area contributed by atoms with E-state index < -0.39 is 11.5 Å². The van der Waals surface area contributed by atoms with Gasteiger partial charge in [0.2, 0.25) is 0 Å². The number of carbonyl (C=O) groups is 1. The first kappa shape index (κ1) is 14.8. The maximum atomic E-state index is 11.4. The third-order valence-electron chi connectivity index (χ3n) is 3.36. The third-order valence-corrected chi connectivity index (χ3v) is 4.98. The molecular weight excluding hydrogens is 234 g/mol. The van der Waals surface area contributed by atoms with E-state index >= 15 is 0 Å². The van der Waals surface area contributed by atoms with E-state index in [9.17, 15) is 9.90 Å². The van der Waals surface area contributed by atoms with Crippen LogP contribution in [0.15, 0.2) is 0 Å². The van der Waals surface area contributed by atoms with Crippen molar-refractivity contribution in [2.75, 3.05) is 11.5 Å². The molecule has 1 saturated heterocycles. The van der Waals surface area contributed by atoms with Crippen molar-refractivity contribution in [2.24, 2.45) is 5.41 Å². The molecule has 0 aliphatic carbocycles. The molecular formula is C13H25NO2S. The molecule has 1 aliphatic heterocycles. The molecule has 2 atom stereocenters. The van der Waals surface area contributed by atoms with Gasteiger partial charge in [-0.05, 0) is 30.9 Å². The molecule has 0 spiro atoms. The van der Waals surface area contributed by atoms with Gasteiger partial charge in [-0.2, -0.15) is 11.8 Å². The summed E-state index contributed by atoms with van der Waals surface area (Å²) in [5.74, 6) is 1.46. The molecule has 0 bridgehead atoms. The Hall–Kier alpha value is -0.220.